The highest BCUT2D eigenvalue weighted by Crippen LogP contribution is 2.35. The third kappa shape index (κ3) is 5.25. The summed E-state index contributed by atoms with van der Waals surface area (Å²) < 4.78 is 11.3. The zero-order valence-corrected chi connectivity index (χ0v) is 18.7. The second kappa shape index (κ2) is 10.3. The van der Waals surface area contributed by atoms with Gasteiger partial charge in [-0.25, -0.2) is 0 Å². The van der Waals surface area contributed by atoms with Crippen LogP contribution in [0.1, 0.15) is 30.4 Å². The number of allylic oxidation sites excluding steroid dienone is 2. The van der Waals surface area contributed by atoms with Crippen LogP contribution in [0, 0.1) is 11.8 Å². The van der Waals surface area contributed by atoms with Gasteiger partial charge < -0.3 is 14.8 Å². The van der Waals surface area contributed by atoms with E-state index in [2.05, 4.69) is 5.32 Å². The third-order valence-corrected chi connectivity index (χ3v) is 6.12. The molecule has 2 aromatic rings. The SMILES string of the molecule is COc1cc(CNC(=O)CCN2C(=O)[C@H]3CC=CC[C@H]3C2=O)ccc1OCc1ccccc1. The molecule has 33 heavy (non-hydrogen) atoms. The monoisotopic (exact) mass is 448 g/mol. The van der Waals surface area contributed by atoms with Crippen LogP contribution in [0.15, 0.2) is 60.7 Å². The summed E-state index contributed by atoms with van der Waals surface area (Å²) in [5, 5.41) is 2.85. The Morgan fingerprint density at radius 1 is 0.970 bits per heavy atom. The number of fused-ring (bicyclic) bond motifs is 1. The van der Waals surface area contributed by atoms with Crippen molar-refractivity contribution in [2.45, 2.75) is 32.4 Å². The number of ether oxygens (including phenoxy) is 2. The van der Waals surface area contributed by atoms with Gasteiger partial charge in [0.1, 0.15) is 6.61 Å². The quantitative estimate of drug-likeness (QED) is 0.470. The van der Waals surface area contributed by atoms with E-state index in [-0.39, 0.29) is 42.5 Å². The fourth-order valence-corrected chi connectivity index (χ4v) is 4.27. The smallest absolute Gasteiger partial charge is 0.233 e. The first kappa shape index (κ1) is 22.6. The zero-order valence-electron chi connectivity index (χ0n) is 18.7. The summed E-state index contributed by atoms with van der Waals surface area (Å²) in [6.45, 7) is 0.857. The molecule has 0 aromatic heterocycles. The maximum atomic E-state index is 12.5. The van der Waals surface area contributed by atoms with Gasteiger partial charge in [0.15, 0.2) is 11.5 Å². The molecule has 7 heteroatoms. The molecule has 1 aliphatic carbocycles. The van der Waals surface area contributed by atoms with Crippen molar-refractivity contribution in [1.82, 2.24) is 10.2 Å². The van der Waals surface area contributed by atoms with E-state index in [0.717, 1.165) is 11.1 Å². The van der Waals surface area contributed by atoms with E-state index in [4.69, 9.17) is 9.47 Å². The van der Waals surface area contributed by atoms with Gasteiger partial charge in [0.25, 0.3) is 0 Å². The fraction of sp³-hybridized carbons (Fsp3) is 0.346. The number of hydrogen-bond donors (Lipinski definition) is 1. The van der Waals surface area contributed by atoms with E-state index in [0.29, 0.717) is 37.5 Å². The number of nitrogens with one attached hydrogen (secondary N) is 1. The van der Waals surface area contributed by atoms with Gasteiger partial charge in [-0.15, -0.1) is 0 Å². The highest BCUT2D eigenvalue weighted by molar-refractivity contribution is 6.05. The van der Waals surface area contributed by atoms with Gasteiger partial charge in [-0.1, -0.05) is 48.6 Å². The van der Waals surface area contributed by atoms with Crippen molar-refractivity contribution in [3.8, 4) is 11.5 Å². The number of rotatable bonds is 9. The van der Waals surface area contributed by atoms with Crippen LogP contribution in [0.4, 0.5) is 0 Å². The standard InChI is InChI=1S/C26H28N2O5/c1-32-23-15-19(11-12-22(23)33-17-18-7-3-2-4-8-18)16-27-24(29)13-14-28-25(30)20-9-5-6-10-21(20)26(28)31/h2-8,11-12,15,20-21H,9-10,13-14,16-17H2,1H3,(H,27,29)/t20-,21+. The minimum atomic E-state index is -0.263. The molecule has 1 aliphatic heterocycles. The number of carbonyl (C=O) groups excluding carboxylic acids is 3. The van der Waals surface area contributed by atoms with Crippen LogP contribution in [0.2, 0.25) is 0 Å². The Bertz CT molecular complexity index is 1020. The van der Waals surface area contributed by atoms with Crippen molar-refractivity contribution in [2.75, 3.05) is 13.7 Å². The highest BCUT2D eigenvalue weighted by Gasteiger charge is 2.46. The maximum Gasteiger partial charge on any atom is 0.233 e. The van der Waals surface area contributed by atoms with Gasteiger partial charge in [-0.2, -0.15) is 0 Å². The minimum Gasteiger partial charge on any atom is -0.493 e. The van der Waals surface area contributed by atoms with E-state index in [1.165, 1.54) is 4.90 Å². The van der Waals surface area contributed by atoms with E-state index in [1.807, 2.05) is 60.7 Å². The molecule has 2 aromatic carbocycles. The summed E-state index contributed by atoms with van der Waals surface area (Å²) in [6, 6.07) is 15.4. The molecule has 7 nitrogen and oxygen atoms in total. The Morgan fingerprint density at radius 2 is 1.67 bits per heavy atom. The van der Waals surface area contributed by atoms with Crippen LogP contribution in [0.5, 0.6) is 11.5 Å². The molecule has 0 spiro atoms. The minimum absolute atomic E-state index is 0.0831. The number of benzene rings is 2. The summed E-state index contributed by atoms with van der Waals surface area (Å²) in [5.74, 6) is 0.157. The summed E-state index contributed by atoms with van der Waals surface area (Å²) in [6.07, 6.45) is 5.19. The fourth-order valence-electron chi connectivity index (χ4n) is 4.27. The Morgan fingerprint density at radius 3 is 2.33 bits per heavy atom. The first-order valence-electron chi connectivity index (χ1n) is 11.2. The Labute approximate surface area is 193 Å². The predicted molar refractivity (Wildman–Crippen MR) is 122 cm³/mol. The molecule has 2 atom stereocenters. The van der Waals surface area contributed by atoms with Crippen molar-refractivity contribution in [3.63, 3.8) is 0 Å². The van der Waals surface area contributed by atoms with Crippen molar-refractivity contribution >= 4 is 17.7 Å². The summed E-state index contributed by atoms with van der Waals surface area (Å²) >= 11 is 0. The van der Waals surface area contributed by atoms with Crippen molar-refractivity contribution in [2.24, 2.45) is 11.8 Å². The normalized spacial score (nSPS) is 19.4. The van der Waals surface area contributed by atoms with E-state index >= 15 is 0 Å². The number of imide groups is 1. The van der Waals surface area contributed by atoms with E-state index < -0.39 is 0 Å². The molecule has 0 saturated carbocycles. The highest BCUT2D eigenvalue weighted by atomic mass is 16.5. The van der Waals surface area contributed by atoms with Crippen LogP contribution in [-0.4, -0.2) is 36.3 Å². The summed E-state index contributed by atoms with van der Waals surface area (Å²) in [4.78, 5) is 38.6. The topological polar surface area (TPSA) is 84.9 Å². The van der Waals surface area contributed by atoms with Crippen molar-refractivity contribution < 1.29 is 23.9 Å². The van der Waals surface area contributed by atoms with Crippen LogP contribution in [0.25, 0.3) is 0 Å². The number of methoxy groups -OCH3 is 1. The van der Waals surface area contributed by atoms with E-state index in [9.17, 15) is 14.4 Å². The second-order valence-corrected chi connectivity index (χ2v) is 8.27. The van der Waals surface area contributed by atoms with Crippen LogP contribution in [-0.2, 0) is 27.5 Å². The molecule has 4 rings (SSSR count). The third-order valence-electron chi connectivity index (χ3n) is 6.12. The Kier molecular flexibility index (Phi) is 7.07. The Balaban J connectivity index is 1.26. The molecule has 0 bridgehead atoms. The number of nitrogens with zero attached hydrogens (tertiary/aromatic N) is 1. The van der Waals surface area contributed by atoms with Crippen LogP contribution in [0.3, 0.4) is 0 Å². The van der Waals surface area contributed by atoms with Crippen molar-refractivity contribution in [1.29, 1.82) is 0 Å². The lowest BCUT2D eigenvalue weighted by Crippen LogP contribution is -2.35. The lowest BCUT2D eigenvalue weighted by Gasteiger charge is -2.15. The van der Waals surface area contributed by atoms with Crippen molar-refractivity contribution in [3.05, 3.63) is 71.8 Å². The van der Waals surface area contributed by atoms with Crippen LogP contribution >= 0.6 is 0 Å². The summed E-state index contributed by atoms with van der Waals surface area (Å²) in [5.41, 5.74) is 1.92. The molecule has 172 valence electrons. The van der Waals surface area contributed by atoms with Gasteiger partial charge in [-0.3, -0.25) is 19.3 Å². The average Bonchev–Trinajstić information content (AvgIpc) is 3.10. The number of likely N-dealkylation sites (tertiary alicyclic amines) is 1. The van der Waals surface area contributed by atoms with E-state index in [1.54, 1.807) is 7.11 Å². The average molecular weight is 449 g/mol. The van der Waals surface area contributed by atoms with Gasteiger partial charge in [0.2, 0.25) is 17.7 Å². The zero-order chi connectivity index (χ0) is 23.2. The molecular formula is C26H28N2O5. The molecule has 0 radical (unpaired) electrons. The summed E-state index contributed by atoms with van der Waals surface area (Å²) in [7, 11) is 1.57. The first-order valence-corrected chi connectivity index (χ1v) is 11.2. The second-order valence-electron chi connectivity index (χ2n) is 8.27. The Hall–Kier alpha value is -3.61. The molecular weight excluding hydrogens is 420 g/mol. The van der Waals surface area contributed by atoms with Gasteiger partial charge in [0, 0.05) is 19.5 Å². The van der Waals surface area contributed by atoms with Crippen LogP contribution < -0.4 is 14.8 Å². The molecule has 1 fully saturated rings. The molecule has 2 aliphatic rings. The largest absolute Gasteiger partial charge is 0.493 e. The predicted octanol–water partition coefficient (Wildman–Crippen LogP) is 3.23. The molecule has 1 saturated heterocycles. The number of amides is 3. The molecule has 0 unspecified atom stereocenters. The number of carbonyl (C=O) groups is 3. The number of hydrogen-bond acceptors (Lipinski definition) is 5. The lowest BCUT2D eigenvalue weighted by atomic mass is 9.85. The van der Waals surface area contributed by atoms with Gasteiger partial charge in [0.05, 0.1) is 18.9 Å². The first-order chi connectivity index (χ1) is 16.1. The lowest BCUT2D eigenvalue weighted by molar-refractivity contribution is -0.140. The maximum absolute atomic E-state index is 12.5. The van der Waals surface area contributed by atoms with Gasteiger partial charge in [-0.05, 0) is 36.1 Å². The molecule has 1 heterocycles. The van der Waals surface area contributed by atoms with Gasteiger partial charge >= 0.3 is 0 Å². The molecule has 1 N–H and O–H groups in total. The molecule has 3 amide bonds.